The van der Waals surface area contributed by atoms with E-state index in [1.165, 1.54) is 11.8 Å². The Morgan fingerprint density at radius 3 is 2.60 bits per heavy atom. The van der Waals surface area contributed by atoms with Crippen LogP contribution in [0.5, 0.6) is 0 Å². The van der Waals surface area contributed by atoms with Gasteiger partial charge in [-0.25, -0.2) is 0 Å². The van der Waals surface area contributed by atoms with Crippen LogP contribution >= 0.6 is 11.8 Å². The van der Waals surface area contributed by atoms with E-state index in [0.717, 1.165) is 6.42 Å². The van der Waals surface area contributed by atoms with Crippen molar-refractivity contribution in [2.24, 2.45) is 0 Å². The van der Waals surface area contributed by atoms with Crippen LogP contribution in [0.1, 0.15) is 20.3 Å². The molecule has 3 heteroatoms. The van der Waals surface area contributed by atoms with Crippen molar-refractivity contribution in [1.82, 2.24) is 0 Å². The maximum atomic E-state index is 8.64. The third-order valence-corrected chi connectivity index (χ3v) is 2.55. The number of hydrogen-bond acceptors (Lipinski definition) is 3. The van der Waals surface area contributed by atoms with Crippen LogP contribution < -0.4 is 0 Å². The molecular weight excluding hydrogens is 146 g/mol. The van der Waals surface area contributed by atoms with E-state index in [0.29, 0.717) is 0 Å². The molecule has 0 fully saturated rings. The van der Waals surface area contributed by atoms with E-state index in [2.05, 4.69) is 6.07 Å². The van der Waals surface area contributed by atoms with Crippen LogP contribution in [0.4, 0.5) is 0 Å². The first-order chi connectivity index (χ1) is 4.74. The lowest BCUT2D eigenvalue weighted by molar-refractivity contribution is 0.300. The lowest BCUT2D eigenvalue weighted by Gasteiger charge is -2.09. The van der Waals surface area contributed by atoms with Crippen molar-refractivity contribution < 1.29 is 5.11 Å². The molecule has 0 heterocycles. The number of nitrogens with zero attached hydrogens (tertiary/aromatic N) is 1. The monoisotopic (exact) mass is 159 g/mol. The van der Waals surface area contributed by atoms with Crippen LogP contribution in [0, 0.1) is 11.3 Å². The summed E-state index contributed by atoms with van der Waals surface area (Å²) >= 11 is 1.53. The summed E-state index contributed by atoms with van der Waals surface area (Å²) in [5, 5.41) is 17.4. The first-order valence-electron chi connectivity index (χ1n) is 3.40. The maximum Gasteiger partial charge on any atom is 0.0917 e. The van der Waals surface area contributed by atoms with Gasteiger partial charge in [0.05, 0.1) is 17.9 Å². The topological polar surface area (TPSA) is 44.0 Å². The van der Waals surface area contributed by atoms with E-state index >= 15 is 0 Å². The molecule has 0 spiro atoms. The van der Waals surface area contributed by atoms with E-state index in [9.17, 15) is 0 Å². The Kier molecular flexibility index (Phi) is 5.46. The Morgan fingerprint density at radius 1 is 1.70 bits per heavy atom. The summed E-state index contributed by atoms with van der Waals surface area (Å²) in [4.78, 5) is 0. The van der Waals surface area contributed by atoms with Crippen molar-refractivity contribution >= 4 is 11.8 Å². The lowest BCUT2D eigenvalue weighted by Crippen LogP contribution is -2.08. The lowest BCUT2D eigenvalue weighted by atomic mass is 10.4. The average Bonchev–Trinajstić information content (AvgIpc) is 1.99. The third-order valence-electron chi connectivity index (χ3n) is 1.17. The SMILES string of the molecule is CCC(C#N)SC(C)CO. The van der Waals surface area contributed by atoms with Crippen LogP contribution in [-0.4, -0.2) is 22.2 Å². The quantitative estimate of drug-likeness (QED) is 0.674. The van der Waals surface area contributed by atoms with Gasteiger partial charge in [0.25, 0.3) is 0 Å². The van der Waals surface area contributed by atoms with Gasteiger partial charge in [-0.3, -0.25) is 0 Å². The predicted molar refractivity (Wildman–Crippen MR) is 43.8 cm³/mol. The Morgan fingerprint density at radius 2 is 2.30 bits per heavy atom. The average molecular weight is 159 g/mol. The largest absolute Gasteiger partial charge is 0.395 e. The second-order valence-corrected chi connectivity index (χ2v) is 3.80. The normalized spacial score (nSPS) is 15.8. The van der Waals surface area contributed by atoms with E-state index in [1.54, 1.807) is 0 Å². The summed E-state index contributed by atoms with van der Waals surface area (Å²) in [5.41, 5.74) is 0. The minimum absolute atomic E-state index is 0.0437. The molecular formula is C7H13NOS. The summed E-state index contributed by atoms with van der Waals surface area (Å²) in [6, 6.07) is 2.17. The van der Waals surface area contributed by atoms with Gasteiger partial charge in [0.2, 0.25) is 0 Å². The molecule has 0 aliphatic carbocycles. The van der Waals surface area contributed by atoms with Crippen molar-refractivity contribution in [2.45, 2.75) is 30.8 Å². The van der Waals surface area contributed by atoms with Gasteiger partial charge < -0.3 is 5.11 Å². The van der Waals surface area contributed by atoms with Crippen LogP contribution in [0.25, 0.3) is 0 Å². The van der Waals surface area contributed by atoms with E-state index in [4.69, 9.17) is 10.4 Å². The Hall–Kier alpha value is -0.200. The number of rotatable bonds is 4. The van der Waals surface area contributed by atoms with Crippen LogP contribution in [0.15, 0.2) is 0 Å². The summed E-state index contributed by atoms with van der Waals surface area (Å²) < 4.78 is 0. The first-order valence-corrected chi connectivity index (χ1v) is 4.34. The highest BCUT2D eigenvalue weighted by Gasteiger charge is 2.09. The van der Waals surface area contributed by atoms with Crippen molar-refractivity contribution in [1.29, 1.82) is 5.26 Å². The molecule has 0 amide bonds. The van der Waals surface area contributed by atoms with Crippen LogP contribution in [0.3, 0.4) is 0 Å². The highest BCUT2D eigenvalue weighted by atomic mass is 32.2. The summed E-state index contributed by atoms with van der Waals surface area (Å²) in [5.74, 6) is 0. The zero-order valence-corrected chi connectivity index (χ0v) is 7.19. The van der Waals surface area contributed by atoms with Gasteiger partial charge in [-0.15, -0.1) is 11.8 Å². The standard InChI is InChI=1S/C7H13NOS/c1-3-7(4-8)10-6(2)5-9/h6-7,9H,3,5H2,1-2H3. The first kappa shape index (κ1) is 9.80. The third kappa shape index (κ3) is 3.76. The summed E-state index contributed by atoms with van der Waals surface area (Å²) in [6.45, 7) is 4.05. The minimum Gasteiger partial charge on any atom is -0.395 e. The molecule has 1 N–H and O–H groups in total. The Balaban J connectivity index is 3.54. The number of aliphatic hydroxyl groups is 1. The van der Waals surface area contributed by atoms with Crippen LogP contribution in [-0.2, 0) is 0 Å². The number of aliphatic hydroxyl groups excluding tert-OH is 1. The van der Waals surface area contributed by atoms with Gasteiger partial charge in [0.1, 0.15) is 0 Å². The van der Waals surface area contributed by atoms with Gasteiger partial charge in [-0.1, -0.05) is 13.8 Å². The van der Waals surface area contributed by atoms with Crippen molar-refractivity contribution in [3.05, 3.63) is 0 Å². The molecule has 2 atom stereocenters. The fraction of sp³-hybridized carbons (Fsp3) is 0.857. The molecule has 0 bridgehead atoms. The molecule has 0 aromatic carbocycles. The number of nitriles is 1. The smallest absolute Gasteiger partial charge is 0.0917 e. The molecule has 0 saturated heterocycles. The van der Waals surface area contributed by atoms with Gasteiger partial charge >= 0.3 is 0 Å². The maximum absolute atomic E-state index is 8.64. The van der Waals surface area contributed by atoms with Crippen molar-refractivity contribution in [3.8, 4) is 6.07 Å². The van der Waals surface area contributed by atoms with Crippen molar-refractivity contribution in [2.75, 3.05) is 6.61 Å². The van der Waals surface area contributed by atoms with Gasteiger partial charge in [-0.2, -0.15) is 5.26 Å². The number of thioether (sulfide) groups is 1. The fourth-order valence-electron chi connectivity index (χ4n) is 0.541. The predicted octanol–water partition coefficient (Wildman–Crippen LogP) is 1.40. The molecule has 10 heavy (non-hydrogen) atoms. The minimum atomic E-state index is 0.0437. The van der Waals surface area contributed by atoms with Crippen molar-refractivity contribution in [3.63, 3.8) is 0 Å². The molecule has 0 aliphatic rings. The zero-order chi connectivity index (χ0) is 7.98. The van der Waals surface area contributed by atoms with E-state index in [1.807, 2.05) is 13.8 Å². The zero-order valence-electron chi connectivity index (χ0n) is 6.37. The highest BCUT2D eigenvalue weighted by Crippen LogP contribution is 2.18. The fourth-order valence-corrected chi connectivity index (χ4v) is 1.44. The molecule has 2 unspecified atom stereocenters. The Bertz CT molecular complexity index is 121. The molecule has 2 nitrogen and oxygen atoms in total. The highest BCUT2D eigenvalue weighted by molar-refractivity contribution is 8.00. The molecule has 0 saturated carbocycles. The molecule has 0 aromatic heterocycles. The summed E-state index contributed by atoms with van der Waals surface area (Å²) in [7, 11) is 0. The Labute approximate surface area is 66.2 Å². The molecule has 0 radical (unpaired) electrons. The molecule has 0 aliphatic heterocycles. The van der Waals surface area contributed by atoms with Gasteiger partial charge in [0.15, 0.2) is 0 Å². The van der Waals surface area contributed by atoms with Gasteiger partial charge in [-0.05, 0) is 6.42 Å². The molecule has 0 aromatic rings. The van der Waals surface area contributed by atoms with E-state index in [-0.39, 0.29) is 17.1 Å². The number of hydrogen-bond donors (Lipinski definition) is 1. The van der Waals surface area contributed by atoms with Crippen LogP contribution in [0.2, 0.25) is 0 Å². The summed E-state index contributed by atoms with van der Waals surface area (Å²) in [6.07, 6.45) is 0.853. The second kappa shape index (κ2) is 5.57. The van der Waals surface area contributed by atoms with Gasteiger partial charge in [0, 0.05) is 5.25 Å². The van der Waals surface area contributed by atoms with E-state index < -0.39 is 0 Å². The second-order valence-electron chi connectivity index (χ2n) is 2.16. The molecule has 0 rings (SSSR count). The molecule has 58 valence electrons.